The number of aliphatic hydroxyl groups excluding tert-OH is 1. The van der Waals surface area contributed by atoms with Gasteiger partial charge in [-0.1, -0.05) is 35.8 Å². The lowest BCUT2D eigenvalue weighted by Gasteiger charge is -2.23. The molecular weight excluding hydrogens is 294 g/mol. The van der Waals surface area contributed by atoms with E-state index in [1.807, 2.05) is 36.4 Å². The van der Waals surface area contributed by atoms with Crippen molar-refractivity contribution in [3.63, 3.8) is 0 Å². The van der Waals surface area contributed by atoms with Gasteiger partial charge in [0.15, 0.2) is 0 Å². The predicted octanol–water partition coefficient (Wildman–Crippen LogP) is 0.590. The quantitative estimate of drug-likeness (QED) is 0.822. The summed E-state index contributed by atoms with van der Waals surface area (Å²) in [6.45, 7) is 0.121. The normalized spacial score (nSPS) is 10.1. The van der Waals surface area contributed by atoms with E-state index < -0.39 is 11.7 Å². The van der Waals surface area contributed by atoms with Gasteiger partial charge in [-0.15, -0.1) is 0 Å². The number of carbonyl (C=O) groups is 1. The van der Waals surface area contributed by atoms with Gasteiger partial charge in [0.1, 0.15) is 13.7 Å². The second-order valence-electron chi connectivity index (χ2n) is 5.14. The molecule has 0 aromatic heterocycles. The van der Waals surface area contributed by atoms with Crippen LogP contribution in [0, 0.1) is 17.1 Å². The maximum atomic E-state index is 14.1. The molecule has 0 atom stereocenters. The molecule has 0 aliphatic rings. The average Bonchev–Trinajstić information content (AvgIpc) is 2.55. The van der Waals surface area contributed by atoms with Crippen LogP contribution in [0.25, 0.3) is 0 Å². The summed E-state index contributed by atoms with van der Waals surface area (Å²) in [5.41, 5.74) is 1.34. The number of nitrogens with zero attached hydrogens (tertiary/aromatic N) is 2. The maximum Gasteiger partial charge on any atom is 0.256 e. The monoisotopic (exact) mass is 310 g/mol. The molecule has 1 amide bonds. The Morgan fingerprint density at radius 1 is 1.26 bits per heavy atom. The lowest BCUT2D eigenvalue weighted by Crippen LogP contribution is -2.37. The number of aliphatic hydroxyl groups is 1. The maximum absolute atomic E-state index is 14.1. The summed E-state index contributed by atoms with van der Waals surface area (Å²) in [6, 6.07) is 13.7. The summed E-state index contributed by atoms with van der Waals surface area (Å²) < 4.78 is 14.1. The smallest absolute Gasteiger partial charge is 0.256 e. The van der Waals surface area contributed by atoms with Gasteiger partial charge in [0.05, 0.1) is 18.2 Å². The molecule has 23 heavy (non-hydrogen) atoms. The molecule has 0 fully saturated rings. The summed E-state index contributed by atoms with van der Waals surface area (Å²) in [7, 11) is 1.55. The first-order valence-electron chi connectivity index (χ1n) is 7.21. The Kier molecular flexibility index (Phi) is 5.50. The van der Waals surface area contributed by atoms with Crippen LogP contribution in [0.3, 0.4) is 0 Å². The van der Waals surface area contributed by atoms with E-state index in [9.17, 15) is 14.3 Å². The number of amides is 1. The Bertz CT molecular complexity index is 744. The first kappa shape index (κ1) is 16.7. The standard InChI is InChI=1S/C17H16BFN2O2/c18-16-13(10-20)6-7-14(19)15(16)17(23)21(8-9-22)11-12-4-2-1-3-5-12/h1-7,22H,8-9,11,18H2. The lowest BCUT2D eigenvalue weighted by molar-refractivity contribution is 0.0704. The van der Waals surface area contributed by atoms with E-state index in [-0.39, 0.29) is 30.8 Å². The molecular formula is C17H16BFN2O2. The summed E-state index contributed by atoms with van der Waals surface area (Å²) in [4.78, 5) is 14.1. The van der Waals surface area contributed by atoms with Crippen LogP contribution in [0.1, 0.15) is 21.5 Å². The second kappa shape index (κ2) is 7.57. The van der Waals surface area contributed by atoms with E-state index >= 15 is 0 Å². The zero-order valence-corrected chi connectivity index (χ0v) is 12.8. The van der Waals surface area contributed by atoms with Gasteiger partial charge in [-0.05, 0) is 17.7 Å². The van der Waals surface area contributed by atoms with Crippen LogP contribution < -0.4 is 5.46 Å². The van der Waals surface area contributed by atoms with Gasteiger partial charge >= 0.3 is 0 Å². The summed E-state index contributed by atoms with van der Waals surface area (Å²) >= 11 is 0. The van der Waals surface area contributed by atoms with Crippen molar-refractivity contribution in [2.24, 2.45) is 0 Å². The molecule has 0 unspecified atom stereocenters. The minimum atomic E-state index is -0.664. The van der Waals surface area contributed by atoms with Crippen LogP contribution in [-0.4, -0.2) is 36.9 Å². The molecule has 4 nitrogen and oxygen atoms in total. The fraction of sp³-hybridized carbons (Fsp3) is 0.176. The molecule has 0 bridgehead atoms. The summed E-state index contributed by atoms with van der Waals surface area (Å²) in [6.07, 6.45) is 0. The minimum Gasteiger partial charge on any atom is -0.395 e. The van der Waals surface area contributed by atoms with Crippen molar-refractivity contribution in [2.45, 2.75) is 6.54 Å². The highest BCUT2D eigenvalue weighted by molar-refractivity contribution is 6.38. The van der Waals surface area contributed by atoms with Gasteiger partial charge in [-0.3, -0.25) is 4.79 Å². The third-order valence-electron chi connectivity index (χ3n) is 3.62. The van der Waals surface area contributed by atoms with Gasteiger partial charge in [0.2, 0.25) is 0 Å². The van der Waals surface area contributed by atoms with Crippen molar-refractivity contribution < 1.29 is 14.3 Å². The molecule has 0 spiro atoms. The van der Waals surface area contributed by atoms with Crippen LogP contribution >= 0.6 is 0 Å². The van der Waals surface area contributed by atoms with Crippen molar-refractivity contribution in [1.29, 1.82) is 5.26 Å². The molecule has 6 heteroatoms. The molecule has 2 rings (SSSR count). The van der Waals surface area contributed by atoms with Crippen LogP contribution in [0.2, 0.25) is 0 Å². The van der Waals surface area contributed by atoms with E-state index in [1.165, 1.54) is 11.0 Å². The highest BCUT2D eigenvalue weighted by Gasteiger charge is 2.22. The highest BCUT2D eigenvalue weighted by Crippen LogP contribution is 2.13. The summed E-state index contributed by atoms with van der Waals surface area (Å²) in [5, 5.41) is 18.3. The fourth-order valence-corrected chi connectivity index (χ4v) is 2.40. The van der Waals surface area contributed by atoms with Crippen LogP contribution in [0.15, 0.2) is 42.5 Å². The third kappa shape index (κ3) is 3.76. The Morgan fingerprint density at radius 3 is 2.57 bits per heavy atom. The van der Waals surface area contributed by atoms with E-state index in [1.54, 1.807) is 7.85 Å². The molecule has 1 N–H and O–H groups in total. The number of carbonyl (C=O) groups excluding carboxylic acids is 1. The minimum absolute atomic E-state index is 0.0867. The predicted molar refractivity (Wildman–Crippen MR) is 87.6 cm³/mol. The molecule has 0 radical (unpaired) electrons. The van der Waals surface area contributed by atoms with Gasteiger partial charge in [-0.25, -0.2) is 4.39 Å². The SMILES string of the molecule is Bc1c(C#N)ccc(F)c1C(=O)N(CCO)Cc1ccccc1. The van der Waals surface area contributed by atoms with E-state index in [4.69, 9.17) is 5.26 Å². The van der Waals surface area contributed by atoms with Crippen LogP contribution in [0.4, 0.5) is 4.39 Å². The Morgan fingerprint density at radius 2 is 1.96 bits per heavy atom. The van der Waals surface area contributed by atoms with Crippen LogP contribution in [0.5, 0.6) is 0 Å². The number of benzene rings is 2. The van der Waals surface area contributed by atoms with Gasteiger partial charge < -0.3 is 10.0 Å². The second-order valence-corrected chi connectivity index (χ2v) is 5.14. The van der Waals surface area contributed by atoms with Crippen molar-refractivity contribution in [3.05, 3.63) is 65.0 Å². The molecule has 2 aromatic rings. The topological polar surface area (TPSA) is 64.3 Å². The first-order chi connectivity index (χ1) is 11.1. The fourth-order valence-electron chi connectivity index (χ4n) is 2.40. The zero-order valence-electron chi connectivity index (χ0n) is 12.8. The molecule has 2 aromatic carbocycles. The number of hydrogen-bond acceptors (Lipinski definition) is 3. The number of nitriles is 1. The van der Waals surface area contributed by atoms with Gasteiger partial charge in [0, 0.05) is 18.7 Å². The Labute approximate surface area is 135 Å². The number of halogens is 1. The molecule has 0 saturated heterocycles. The average molecular weight is 310 g/mol. The van der Waals surface area contributed by atoms with Crippen molar-refractivity contribution in [2.75, 3.05) is 13.2 Å². The Hall–Kier alpha value is -2.65. The van der Waals surface area contributed by atoms with Crippen molar-refractivity contribution >= 4 is 19.2 Å². The molecule has 0 heterocycles. The molecule has 0 aliphatic carbocycles. The van der Waals surface area contributed by atoms with E-state index in [2.05, 4.69) is 0 Å². The van der Waals surface area contributed by atoms with Gasteiger partial charge in [-0.2, -0.15) is 5.26 Å². The van der Waals surface area contributed by atoms with Crippen molar-refractivity contribution in [3.8, 4) is 6.07 Å². The highest BCUT2D eigenvalue weighted by atomic mass is 19.1. The largest absolute Gasteiger partial charge is 0.395 e. The van der Waals surface area contributed by atoms with Crippen molar-refractivity contribution in [1.82, 2.24) is 4.90 Å². The molecule has 116 valence electrons. The van der Waals surface area contributed by atoms with E-state index in [0.29, 0.717) is 5.46 Å². The van der Waals surface area contributed by atoms with Crippen LogP contribution in [-0.2, 0) is 6.54 Å². The molecule has 0 saturated carbocycles. The first-order valence-corrected chi connectivity index (χ1v) is 7.21. The summed E-state index contributed by atoms with van der Waals surface area (Å²) in [5.74, 6) is -1.20. The number of hydrogen-bond donors (Lipinski definition) is 1. The zero-order chi connectivity index (χ0) is 16.8. The van der Waals surface area contributed by atoms with E-state index in [0.717, 1.165) is 11.6 Å². The lowest BCUT2D eigenvalue weighted by atomic mass is 9.85. The molecule has 0 aliphatic heterocycles. The third-order valence-corrected chi connectivity index (χ3v) is 3.62. The number of rotatable bonds is 5. The Balaban J connectivity index is 2.37. The van der Waals surface area contributed by atoms with Gasteiger partial charge in [0.25, 0.3) is 5.91 Å².